The van der Waals surface area contributed by atoms with Crippen LogP contribution in [0.4, 0.5) is 0 Å². The minimum absolute atomic E-state index is 0.186. The van der Waals surface area contributed by atoms with Crippen LogP contribution in [0.25, 0.3) is 0 Å². The van der Waals surface area contributed by atoms with Gasteiger partial charge in [-0.25, -0.2) is 0 Å². The third-order valence-corrected chi connectivity index (χ3v) is 2.97. The Balaban J connectivity index is 2.87. The summed E-state index contributed by atoms with van der Waals surface area (Å²) in [5.41, 5.74) is 2.44. The Bertz CT molecular complexity index is 300. The fourth-order valence-electron chi connectivity index (χ4n) is 1.88. The van der Waals surface area contributed by atoms with Gasteiger partial charge in [-0.15, -0.1) is 0 Å². The first-order valence-electron chi connectivity index (χ1n) is 5.21. The van der Waals surface area contributed by atoms with E-state index in [1.807, 2.05) is 6.08 Å². The second-order valence-corrected chi connectivity index (χ2v) is 5.29. The lowest BCUT2D eigenvalue weighted by atomic mass is 9.74. The van der Waals surface area contributed by atoms with Crippen molar-refractivity contribution < 1.29 is 4.79 Å². The Morgan fingerprint density at radius 2 is 2.00 bits per heavy atom. The van der Waals surface area contributed by atoms with Crippen molar-refractivity contribution in [1.29, 1.82) is 0 Å². The fraction of sp³-hybridized carbons (Fsp3) is 0.615. The van der Waals surface area contributed by atoms with E-state index < -0.39 is 0 Å². The summed E-state index contributed by atoms with van der Waals surface area (Å²) in [7, 11) is 0. The van der Waals surface area contributed by atoms with Gasteiger partial charge in [0.15, 0.2) is 5.78 Å². The van der Waals surface area contributed by atoms with Crippen molar-refractivity contribution >= 4 is 5.78 Å². The molecule has 0 aromatic rings. The summed E-state index contributed by atoms with van der Waals surface area (Å²) in [6.07, 6.45) is 5.20. The molecule has 1 aliphatic carbocycles. The largest absolute Gasteiger partial charge is 0.295 e. The number of rotatable bonds is 1. The van der Waals surface area contributed by atoms with Crippen LogP contribution >= 0.6 is 0 Å². The van der Waals surface area contributed by atoms with Crippen molar-refractivity contribution in [1.82, 2.24) is 0 Å². The Morgan fingerprint density at radius 1 is 1.43 bits per heavy atom. The summed E-state index contributed by atoms with van der Waals surface area (Å²) in [6, 6.07) is 0. The number of hydrogen-bond acceptors (Lipinski definition) is 1. The van der Waals surface area contributed by atoms with Crippen molar-refractivity contribution in [2.24, 2.45) is 11.3 Å². The van der Waals surface area contributed by atoms with E-state index in [4.69, 9.17) is 0 Å². The summed E-state index contributed by atoms with van der Waals surface area (Å²) in [5, 5.41) is 0. The van der Waals surface area contributed by atoms with Gasteiger partial charge in [-0.05, 0) is 31.6 Å². The predicted octanol–water partition coefficient (Wildman–Crippen LogP) is 3.51. The van der Waals surface area contributed by atoms with Crippen LogP contribution in [-0.2, 0) is 4.79 Å². The number of Topliss-reactive ketones (excluding diaryl/α,β-unsaturated/α-hetero) is 1. The lowest BCUT2D eigenvalue weighted by Gasteiger charge is -2.31. The van der Waals surface area contributed by atoms with Crippen LogP contribution in [-0.4, -0.2) is 5.78 Å². The Kier molecular flexibility index (Phi) is 2.98. The third-order valence-electron chi connectivity index (χ3n) is 2.97. The fourth-order valence-corrected chi connectivity index (χ4v) is 1.88. The van der Waals surface area contributed by atoms with Crippen LogP contribution in [0.2, 0.25) is 0 Å². The molecule has 0 spiro atoms. The van der Waals surface area contributed by atoms with E-state index in [1.54, 1.807) is 6.92 Å². The molecule has 78 valence electrons. The van der Waals surface area contributed by atoms with Crippen molar-refractivity contribution in [2.75, 3.05) is 0 Å². The maximum atomic E-state index is 11.3. The molecule has 0 bridgehead atoms. The molecule has 0 N–H and O–H groups in total. The van der Waals surface area contributed by atoms with Crippen LogP contribution in [0, 0.1) is 11.3 Å². The summed E-state index contributed by atoms with van der Waals surface area (Å²) in [5.74, 6) is 0.747. The first-order chi connectivity index (χ1) is 6.32. The Morgan fingerprint density at radius 3 is 2.36 bits per heavy atom. The summed E-state index contributed by atoms with van der Waals surface area (Å²) in [4.78, 5) is 11.3. The smallest absolute Gasteiger partial charge is 0.159 e. The monoisotopic (exact) mass is 192 g/mol. The third kappa shape index (κ3) is 2.34. The molecule has 0 aromatic carbocycles. The van der Waals surface area contributed by atoms with Gasteiger partial charge in [0.2, 0.25) is 0 Å². The molecule has 0 fully saturated rings. The van der Waals surface area contributed by atoms with Gasteiger partial charge < -0.3 is 0 Å². The van der Waals surface area contributed by atoms with Gasteiger partial charge >= 0.3 is 0 Å². The zero-order valence-electron chi connectivity index (χ0n) is 9.85. The van der Waals surface area contributed by atoms with Crippen LogP contribution < -0.4 is 0 Å². The topological polar surface area (TPSA) is 17.1 Å². The summed E-state index contributed by atoms with van der Waals surface area (Å²) >= 11 is 0. The average molecular weight is 192 g/mol. The molecule has 0 aliphatic heterocycles. The number of ketones is 1. The lowest BCUT2D eigenvalue weighted by Crippen LogP contribution is -2.21. The first kappa shape index (κ1) is 11.2. The highest BCUT2D eigenvalue weighted by molar-refractivity contribution is 5.97. The van der Waals surface area contributed by atoms with Crippen molar-refractivity contribution in [3.63, 3.8) is 0 Å². The van der Waals surface area contributed by atoms with Gasteiger partial charge in [-0.3, -0.25) is 4.79 Å². The molecular weight excluding hydrogens is 172 g/mol. The minimum Gasteiger partial charge on any atom is -0.295 e. The molecule has 0 radical (unpaired) electrons. The highest BCUT2D eigenvalue weighted by Gasteiger charge is 2.25. The molecule has 1 rings (SSSR count). The van der Waals surface area contributed by atoms with Gasteiger partial charge in [-0.2, -0.15) is 0 Å². The average Bonchev–Trinajstić information content (AvgIpc) is 2.01. The molecule has 0 amide bonds. The van der Waals surface area contributed by atoms with Crippen molar-refractivity contribution in [2.45, 2.75) is 41.0 Å². The predicted molar refractivity (Wildman–Crippen MR) is 60.1 cm³/mol. The second-order valence-electron chi connectivity index (χ2n) is 5.29. The van der Waals surface area contributed by atoms with Gasteiger partial charge in [0.25, 0.3) is 0 Å². The highest BCUT2D eigenvalue weighted by atomic mass is 16.1. The molecule has 0 heterocycles. The van der Waals surface area contributed by atoms with Crippen LogP contribution in [0.5, 0.6) is 0 Å². The molecule has 1 nitrogen and oxygen atoms in total. The van der Waals surface area contributed by atoms with Gasteiger partial charge in [-0.1, -0.05) is 38.5 Å². The van der Waals surface area contributed by atoms with E-state index in [-0.39, 0.29) is 5.78 Å². The second kappa shape index (κ2) is 3.72. The molecule has 14 heavy (non-hydrogen) atoms. The number of hydrogen-bond donors (Lipinski definition) is 0. The molecule has 1 aliphatic rings. The normalized spacial score (nSPS) is 22.8. The zero-order valence-corrected chi connectivity index (χ0v) is 9.85. The molecular formula is C13H20O. The van der Waals surface area contributed by atoms with Gasteiger partial charge in [0, 0.05) is 5.57 Å². The number of allylic oxidation sites excluding steroid dienone is 4. The lowest BCUT2D eigenvalue weighted by molar-refractivity contribution is -0.113. The maximum absolute atomic E-state index is 11.3. The maximum Gasteiger partial charge on any atom is 0.159 e. The Hall–Kier alpha value is -0.850. The van der Waals surface area contributed by atoms with E-state index in [2.05, 4.69) is 33.8 Å². The molecule has 1 atom stereocenters. The van der Waals surface area contributed by atoms with Crippen molar-refractivity contribution in [3.8, 4) is 0 Å². The Labute approximate surface area is 86.9 Å². The van der Waals surface area contributed by atoms with Gasteiger partial charge in [0.1, 0.15) is 0 Å². The highest BCUT2D eigenvalue weighted by Crippen LogP contribution is 2.36. The molecule has 0 saturated heterocycles. The van der Waals surface area contributed by atoms with Crippen molar-refractivity contribution in [3.05, 3.63) is 23.3 Å². The van der Waals surface area contributed by atoms with Crippen LogP contribution in [0.3, 0.4) is 0 Å². The molecule has 0 aromatic heterocycles. The van der Waals surface area contributed by atoms with Crippen LogP contribution in [0.15, 0.2) is 23.3 Å². The quantitative estimate of drug-likeness (QED) is 0.621. The van der Waals surface area contributed by atoms with E-state index in [9.17, 15) is 4.79 Å². The van der Waals surface area contributed by atoms with Crippen LogP contribution in [0.1, 0.15) is 41.0 Å². The standard InChI is InChI=1S/C13H20O/c1-9-8-11(13(3,4)5)6-7-12(9)10(2)14/h6-7,11H,8H2,1-5H3. The van der Waals surface area contributed by atoms with E-state index in [0.29, 0.717) is 11.3 Å². The molecule has 1 unspecified atom stereocenters. The van der Waals surface area contributed by atoms with Gasteiger partial charge in [0.05, 0.1) is 0 Å². The summed E-state index contributed by atoms with van der Waals surface area (Å²) in [6.45, 7) is 10.4. The summed E-state index contributed by atoms with van der Waals surface area (Å²) < 4.78 is 0. The van der Waals surface area contributed by atoms with E-state index in [0.717, 1.165) is 12.0 Å². The molecule has 1 heteroatoms. The zero-order chi connectivity index (χ0) is 10.9. The van der Waals surface area contributed by atoms with E-state index in [1.165, 1.54) is 5.57 Å². The SMILES string of the molecule is CC(=O)C1=C(C)CC(C(C)(C)C)C=C1. The first-order valence-corrected chi connectivity index (χ1v) is 5.21. The van der Waals surface area contributed by atoms with E-state index >= 15 is 0 Å². The molecule has 0 saturated carbocycles. The number of carbonyl (C=O) groups is 1. The number of carbonyl (C=O) groups excluding carboxylic acids is 1. The minimum atomic E-state index is 0.186.